The highest BCUT2D eigenvalue weighted by molar-refractivity contribution is 5.48. The maximum absolute atomic E-state index is 12.7. The fourth-order valence-electron chi connectivity index (χ4n) is 3.83. The fourth-order valence-corrected chi connectivity index (χ4v) is 3.83. The van der Waals surface area contributed by atoms with Crippen molar-refractivity contribution in [3.8, 4) is 0 Å². The smallest absolute Gasteiger partial charge is 0.383 e. The molecule has 1 aliphatic rings. The van der Waals surface area contributed by atoms with Crippen molar-refractivity contribution >= 4 is 11.8 Å². The summed E-state index contributed by atoms with van der Waals surface area (Å²) in [5.74, 6) is 0.968. The van der Waals surface area contributed by atoms with Crippen LogP contribution in [0.25, 0.3) is 0 Å². The van der Waals surface area contributed by atoms with Crippen molar-refractivity contribution in [3.05, 3.63) is 46.6 Å². The highest BCUT2D eigenvalue weighted by Gasteiger charge is 2.31. The Balaban J connectivity index is 1.82. The molecule has 0 saturated heterocycles. The summed E-state index contributed by atoms with van der Waals surface area (Å²) in [5.41, 5.74) is 13.7. The van der Waals surface area contributed by atoms with E-state index >= 15 is 0 Å². The van der Waals surface area contributed by atoms with E-state index in [9.17, 15) is 13.2 Å². The second-order valence-corrected chi connectivity index (χ2v) is 6.65. The third-order valence-electron chi connectivity index (χ3n) is 4.97. The minimum atomic E-state index is -4.31. The van der Waals surface area contributed by atoms with Gasteiger partial charge in [0.15, 0.2) is 0 Å². The Bertz CT molecular complexity index is 733. The molecule has 0 unspecified atom stereocenters. The average Bonchev–Trinajstić information content (AvgIpc) is 2.53. The summed E-state index contributed by atoms with van der Waals surface area (Å²) in [5, 5.41) is 0. The topological polar surface area (TPSA) is 77.8 Å². The zero-order valence-corrected chi connectivity index (χ0v) is 14.0. The summed E-state index contributed by atoms with van der Waals surface area (Å²) in [6.07, 6.45) is -0.574. The predicted molar refractivity (Wildman–Crippen MR) is 91.0 cm³/mol. The van der Waals surface area contributed by atoms with E-state index in [0.717, 1.165) is 54.6 Å². The molecule has 1 saturated carbocycles. The molecule has 0 spiro atoms. The van der Waals surface area contributed by atoms with Crippen molar-refractivity contribution in [1.29, 1.82) is 0 Å². The number of rotatable bonds is 2. The van der Waals surface area contributed by atoms with Crippen molar-refractivity contribution in [3.63, 3.8) is 0 Å². The standard InChI is InChI=1S/C18H21F3N4/c1-10-15(16(22)25-17(23)24-10)13-4-2-3-12(9-13)11-5-7-14(8-6-11)18(19,20)21/h5-8,12-13H,2-4,9H2,1H3,(H4,22,23,24,25)/t12-,13-/m1/s1. The molecule has 0 bridgehead atoms. The Kier molecular flexibility index (Phi) is 4.58. The van der Waals surface area contributed by atoms with Crippen LogP contribution in [0.3, 0.4) is 0 Å². The molecule has 2 aromatic rings. The van der Waals surface area contributed by atoms with Crippen molar-refractivity contribution in [2.24, 2.45) is 0 Å². The van der Waals surface area contributed by atoms with E-state index < -0.39 is 11.7 Å². The second-order valence-electron chi connectivity index (χ2n) is 6.65. The van der Waals surface area contributed by atoms with Crippen LogP contribution in [0.5, 0.6) is 0 Å². The number of aryl methyl sites for hydroxylation is 1. The molecule has 1 fully saturated rings. The summed E-state index contributed by atoms with van der Waals surface area (Å²) in [6.45, 7) is 1.87. The lowest BCUT2D eigenvalue weighted by Crippen LogP contribution is -2.17. The SMILES string of the molecule is Cc1nc(N)nc(N)c1[C@@H]1CCC[C@@H](c2ccc(C(F)(F)F)cc2)C1. The van der Waals surface area contributed by atoms with Gasteiger partial charge in [-0.05, 0) is 55.7 Å². The van der Waals surface area contributed by atoms with E-state index in [-0.39, 0.29) is 17.8 Å². The average molecular weight is 350 g/mol. The normalized spacial score (nSPS) is 21.3. The Morgan fingerprint density at radius 1 is 1.00 bits per heavy atom. The molecule has 4 N–H and O–H groups in total. The molecular weight excluding hydrogens is 329 g/mol. The molecular formula is C18H21F3N4. The lowest BCUT2D eigenvalue weighted by atomic mass is 9.75. The van der Waals surface area contributed by atoms with Gasteiger partial charge in [0, 0.05) is 11.3 Å². The van der Waals surface area contributed by atoms with Gasteiger partial charge >= 0.3 is 6.18 Å². The van der Waals surface area contributed by atoms with E-state index in [1.54, 1.807) is 12.1 Å². The number of nitrogens with zero attached hydrogens (tertiary/aromatic N) is 2. The van der Waals surface area contributed by atoms with Crippen molar-refractivity contribution < 1.29 is 13.2 Å². The van der Waals surface area contributed by atoms with Crippen LogP contribution in [0.4, 0.5) is 24.9 Å². The molecule has 4 nitrogen and oxygen atoms in total. The number of aromatic nitrogens is 2. The van der Waals surface area contributed by atoms with Crippen molar-refractivity contribution in [2.45, 2.75) is 50.6 Å². The molecule has 0 radical (unpaired) electrons. The summed E-state index contributed by atoms with van der Waals surface area (Å²) in [4.78, 5) is 8.27. The lowest BCUT2D eigenvalue weighted by Gasteiger charge is -2.31. The molecule has 134 valence electrons. The quantitative estimate of drug-likeness (QED) is 0.841. The number of alkyl halides is 3. The zero-order chi connectivity index (χ0) is 18.2. The Hall–Kier alpha value is -2.31. The van der Waals surface area contributed by atoms with Crippen LogP contribution in [0, 0.1) is 6.92 Å². The molecule has 1 aromatic heterocycles. The van der Waals surface area contributed by atoms with Crippen LogP contribution >= 0.6 is 0 Å². The van der Waals surface area contributed by atoms with E-state index in [1.165, 1.54) is 0 Å². The van der Waals surface area contributed by atoms with Gasteiger partial charge in [-0.15, -0.1) is 0 Å². The maximum Gasteiger partial charge on any atom is 0.416 e. The van der Waals surface area contributed by atoms with Crippen molar-refractivity contribution in [2.75, 3.05) is 11.5 Å². The van der Waals surface area contributed by atoms with E-state index in [2.05, 4.69) is 9.97 Å². The molecule has 25 heavy (non-hydrogen) atoms. The van der Waals surface area contributed by atoms with Gasteiger partial charge in [0.2, 0.25) is 5.95 Å². The van der Waals surface area contributed by atoms with Crippen LogP contribution in [0.2, 0.25) is 0 Å². The third kappa shape index (κ3) is 3.70. The predicted octanol–water partition coefficient (Wildman–Crippen LogP) is 4.41. The number of anilines is 2. The van der Waals surface area contributed by atoms with Gasteiger partial charge < -0.3 is 11.5 Å². The van der Waals surface area contributed by atoms with E-state index in [0.29, 0.717) is 5.82 Å². The number of hydrogen-bond donors (Lipinski definition) is 2. The van der Waals surface area contributed by atoms with Gasteiger partial charge in [-0.25, -0.2) is 4.98 Å². The van der Waals surface area contributed by atoms with Crippen LogP contribution in [-0.2, 0) is 6.18 Å². The highest BCUT2D eigenvalue weighted by atomic mass is 19.4. The molecule has 1 aliphatic carbocycles. The highest BCUT2D eigenvalue weighted by Crippen LogP contribution is 2.43. The minimum absolute atomic E-state index is 0.161. The summed E-state index contributed by atoms with van der Waals surface area (Å²) in [7, 11) is 0. The van der Waals surface area contributed by atoms with Crippen LogP contribution in [0.1, 0.15) is 59.9 Å². The van der Waals surface area contributed by atoms with Gasteiger partial charge in [0.25, 0.3) is 0 Å². The largest absolute Gasteiger partial charge is 0.416 e. The lowest BCUT2D eigenvalue weighted by molar-refractivity contribution is -0.137. The molecule has 1 heterocycles. The van der Waals surface area contributed by atoms with Gasteiger partial charge in [-0.2, -0.15) is 18.2 Å². The van der Waals surface area contributed by atoms with Gasteiger partial charge in [0.05, 0.1) is 5.56 Å². The van der Waals surface area contributed by atoms with Gasteiger partial charge in [0.1, 0.15) is 5.82 Å². The summed E-state index contributed by atoms with van der Waals surface area (Å²) in [6, 6.07) is 5.49. The minimum Gasteiger partial charge on any atom is -0.383 e. The van der Waals surface area contributed by atoms with Gasteiger partial charge in [-0.3, -0.25) is 0 Å². The Labute approximate surface area is 144 Å². The molecule has 0 amide bonds. The van der Waals surface area contributed by atoms with E-state index in [4.69, 9.17) is 11.5 Å². The second kappa shape index (κ2) is 6.54. The fraction of sp³-hybridized carbons (Fsp3) is 0.444. The van der Waals surface area contributed by atoms with Gasteiger partial charge in [-0.1, -0.05) is 18.6 Å². The number of benzene rings is 1. The summed E-state index contributed by atoms with van der Waals surface area (Å²) < 4.78 is 38.2. The Morgan fingerprint density at radius 2 is 1.64 bits per heavy atom. The monoisotopic (exact) mass is 350 g/mol. The maximum atomic E-state index is 12.7. The first-order valence-electron chi connectivity index (χ1n) is 8.32. The Morgan fingerprint density at radius 3 is 2.24 bits per heavy atom. The molecule has 3 rings (SSSR count). The number of nitrogen functional groups attached to an aromatic ring is 2. The molecule has 0 aliphatic heterocycles. The zero-order valence-electron chi connectivity index (χ0n) is 14.0. The first-order chi connectivity index (χ1) is 11.8. The molecule has 2 atom stereocenters. The first kappa shape index (κ1) is 17.5. The third-order valence-corrected chi connectivity index (χ3v) is 4.97. The van der Waals surface area contributed by atoms with Crippen LogP contribution in [-0.4, -0.2) is 9.97 Å². The van der Waals surface area contributed by atoms with E-state index in [1.807, 2.05) is 6.92 Å². The number of halogens is 3. The van der Waals surface area contributed by atoms with Crippen LogP contribution < -0.4 is 11.5 Å². The number of nitrogens with two attached hydrogens (primary N) is 2. The molecule has 1 aromatic carbocycles. The van der Waals surface area contributed by atoms with Crippen molar-refractivity contribution in [1.82, 2.24) is 9.97 Å². The first-order valence-corrected chi connectivity index (χ1v) is 8.32. The van der Waals surface area contributed by atoms with Crippen LogP contribution in [0.15, 0.2) is 24.3 Å². The number of hydrogen-bond acceptors (Lipinski definition) is 4. The summed E-state index contributed by atoms with van der Waals surface area (Å²) >= 11 is 0. The molecule has 7 heteroatoms.